The fourth-order valence-electron chi connectivity index (χ4n) is 3.54. The summed E-state index contributed by atoms with van der Waals surface area (Å²) in [5.41, 5.74) is 1.81. The molecule has 26 heavy (non-hydrogen) atoms. The molecule has 1 aliphatic carbocycles. The summed E-state index contributed by atoms with van der Waals surface area (Å²) < 4.78 is 0. The van der Waals surface area contributed by atoms with Gasteiger partial charge in [0.1, 0.15) is 0 Å². The number of pyridine rings is 1. The highest BCUT2D eigenvalue weighted by Gasteiger charge is 2.17. The molecule has 0 aromatic carbocycles. The molecule has 2 amide bonds. The van der Waals surface area contributed by atoms with Crippen LogP contribution in [-0.4, -0.2) is 22.8 Å². The van der Waals surface area contributed by atoms with E-state index in [1.807, 2.05) is 32.0 Å². The number of nitrogens with zero attached hydrogens (tertiary/aromatic N) is 1. The first-order chi connectivity index (χ1) is 12.6. The number of amides is 2. The highest BCUT2D eigenvalue weighted by Crippen LogP contribution is 2.17. The van der Waals surface area contributed by atoms with E-state index < -0.39 is 0 Å². The van der Waals surface area contributed by atoms with Crippen molar-refractivity contribution >= 4 is 11.8 Å². The van der Waals surface area contributed by atoms with Gasteiger partial charge >= 0.3 is 0 Å². The van der Waals surface area contributed by atoms with Crippen LogP contribution >= 0.6 is 0 Å². The fourth-order valence-corrected chi connectivity index (χ4v) is 3.54. The average Bonchev–Trinajstić information content (AvgIpc) is 2.60. The molecule has 2 N–H and O–H groups in total. The molecule has 0 radical (unpaired) electrons. The number of hydrogen-bond acceptors (Lipinski definition) is 3. The van der Waals surface area contributed by atoms with Crippen LogP contribution < -0.4 is 10.6 Å². The van der Waals surface area contributed by atoms with Crippen LogP contribution in [0.3, 0.4) is 0 Å². The first-order valence-corrected chi connectivity index (χ1v) is 10.1. The first kappa shape index (κ1) is 20.4. The van der Waals surface area contributed by atoms with Crippen LogP contribution in [0.15, 0.2) is 18.2 Å². The Bertz CT molecular complexity index is 580. The van der Waals surface area contributed by atoms with E-state index in [0.29, 0.717) is 0 Å². The summed E-state index contributed by atoms with van der Waals surface area (Å²) in [7, 11) is 0. The van der Waals surface area contributed by atoms with E-state index in [2.05, 4.69) is 15.6 Å². The number of hydrogen-bond donors (Lipinski definition) is 2. The highest BCUT2D eigenvalue weighted by atomic mass is 16.2. The Morgan fingerprint density at radius 3 is 2.38 bits per heavy atom. The van der Waals surface area contributed by atoms with Crippen molar-refractivity contribution in [3.63, 3.8) is 0 Å². The number of aryl methyl sites for hydroxylation is 1. The van der Waals surface area contributed by atoms with Crippen LogP contribution in [0.1, 0.15) is 88.6 Å². The predicted octanol–water partition coefficient (Wildman–Crippen LogP) is 3.97. The van der Waals surface area contributed by atoms with Crippen molar-refractivity contribution in [3.8, 4) is 0 Å². The van der Waals surface area contributed by atoms with Gasteiger partial charge in [0.05, 0.1) is 11.7 Å². The number of nitrogens with one attached hydrogen (secondary N) is 2. The van der Waals surface area contributed by atoms with Gasteiger partial charge in [0.25, 0.3) is 0 Å². The van der Waals surface area contributed by atoms with Gasteiger partial charge < -0.3 is 10.6 Å². The fraction of sp³-hybridized carbons (Fsp3) is 0.667. The van der Waals surface area contributed by atoms with Crippen LogP contribution in [-0.2, 0) is 9.59 Å². The Labute approximate surface area is 157 Å². The third kappa shape index (κ3) is 7.14. The second-order valence-corrected chi connectivity index (χ2v) is 7.34. The molecule has 0 saturated heterocycles. The van der Waals surface area contributed by atoms with E-state index in [9.17, 15) is 9.59 Å². The second-order valence-electron chi connectivity index (χ2n) is 7.34. The topological polar surface area (TPSA) is 71.1 Å². The van der Waals surface area contributed by atoms with Crippen LogP contribution in [0.25, 0.3) is 0 Å². The Morgan fingerprint density at radius 2 is 1.73 bits per heavy atom. The van der Waals surface area contributed by atoms with Gasteiger partial charge in [-0.25, -0.2) is 0 Å². The van der Waals surface area contributed by atoms with Crippen molar-refractivity contribution in [3.05, 3.63) is 29.6 Å². The van der Waals surface area contributed by atoms with E-state index in [1.165, 1.54) is 32.1 Å². The van der Waals surface area contributed by atoms with E-state index in [0.717, 1.165) is 30.7 Å². The Morgan fingerprint density at radius 1 is 1.08 bits per heavy atom. The molecule has 1 aromatic heterocycles. The van der Waals surface area contributed by atoms with Gasteiger partial charge in [0.15, 0.2) is 0 Å². The van der Waals surface area contributed by atoms with Crippen molar-refractivity contribution in [1.29, 1.82) is 0 Å². The highest BCUT2D eigenvalue weighted by molar-refractivity contribution is 5.84. The molecular formula is C21H33N3O2. The van der Waals surface area contributed by atoms with E-state index in [4.69, 9.17) is 0 Å². The van der Waals surface area contributed by atoms with E-state index >= 15 is 0 Å². The maximum Gasteiger partial charge on any atom is 0.221 e. The van der Waals surface area contributed by atoms with Gasteiger partial charge in [0, 0.05) is 24.6 Å². The standard InChI is InChI=1S/C21H33N3O2/c1-3-18(19-13-9-10-16(2)22-19)24-21(26)15-14-20(25)23-17-11-7-5-4-6-8-12-17/h9-10,13,17-18H,3-8,11-12,14-15H2,1-2H3,(H,23,25)(H,24,26)/t18-/m1/s1. The number of aromatic nitrogens is 1. The summed E-state index contributed by atoms with van der Waals surface area (Å²) in [6, 6.07) is 6.01. The molecule has 0 unspecified atom stereocenters. The minimum absolute atomic E-state index is 0.00699. The van der Waals surface area contributed by atoms with Gasteiger partial charge in [-0.3, -0.25) is 14.6 Å². The Kier molecular flexibility index (Phi) is 8.59. The lowest BCUT2D eigenvalue weighted by Crippen LogP contribution is -2.36. The molecular weight excluding hydrogens is 326 g/mol. The van der Waals surface area contributed by atoms with Crippen LogP contribution in [0.5, 0.6) is 0 Å². The van der Waals surface area contributed by atoms with Crippen molar-refractivity contribution in [2.24, 2.45) is 0 Å². The quantitative estimate of drug-likeness (QED) is 0.774. The lowest BCUT2D eigenvalue weighted by Gasteiger charge is -2.21. The summed E-state index contributed by atoms with van der Waals surface area (Å²) in [4.78, 5) is 28.9. The van der Waals surface area contributed by atoms with E-state index in [-0.39, 0.29) is 36.7 Å². The maximum atomic E-state index is 12.2. The normalized spacial score (nSPS) is 17.0. The molecule has 1 atom stereocenters. The number of carbonyl (C=O) groups is 2. The summed E-state index contributed by atoms with van der Waals surface area (Å²) in [5.74, 6) is -0.0968. The summed E-state index contributed by atoms with van der Waals surface area (Å²) >= 11 is 0. The zero-order valence-electron chi connectivity index (χ0n) is 16.2. The molecule has 144 valence electrons. The minimum atomic E-state index is -0.101. The molecule has 5 nitrogen and oxygen atoms in total. The first-order valence-electron chi connectivity index (χ1n) is 10.1. The van der Waals surface area contributed by atoms with E-state index in [1.54, 1.807) is 0 Å². The maximum absolute atomic E-state index is 12.2. The largest absolute Gasteiger partial charge is 0.353 e. The Balaban J connectivity index is 1.75. The summed E-state index contributed by atoms with van der Waals surface area (Å²) in [6.07, 6.45) is 9.59. The number of carbonyl (C=O) groups excluding carboxylic acids is 2. The minimum Gasteiger partial charge on any atom is -0.353 e. The monoisotopic (exact) mass is 359 g/mol. The van der Waals surface area contributed by atoms with Gasteiger partial charge in [-0.15, -0.1) is 0 Å². The van der Waals surface area contributed by atoms with Crippen LogP contribution in [0.4, 0.5) is 0 Å². The smallest absolute Gasteiger partial charge is 0.221 e. The van der Waals surface area contributed by atoms with Gasteiger partial charge in [-0.1, -0.05) is 45.1 Å². The summed E-state index contributed by atoms with van der Waals surface area (Å²) in [5, 5.41) is 6.12. The third-order valence-corrected chi connectivity index (χ3v) is 5.06. The van der Waals surface area contributed by atoms with Crippen LogP contribution in [0.2, 0.25) is 0 Å². The average molecular weight is 360 g/mol. The molecule has 1 saturated carbocycles. The van der Waals surface area contributed by atoms with Crippen molar-refractivity contribution in [2.75, 3.05) is 0 Å². The zero-order chi connectivity index (χ0) is 18.8. The third-order valence-electron chi connectivity index (χ3n) is 5.06. The van der Waals surface area contributed by atoms with Gasteiger partial charge in [0.2, 0.25) is 11.8 Å². The second kappa shape index (κ2) is 10.9. The van der Waals surface area contributed by atoms with Crippen molar-refractivity contribution in [1.82, 2.24) is 15.6 Å². The number of rotatable bonds is 7. The molecule has 1 aliphatic rings. The van der Waals surface area contributed by atoms with Crippen LogP contribution in [0, 0.1) is 6.92 Å². The predicted molar refractivity (Wildman–Crippen MR) is 104 cm³/mol. The van der Waals surface area contributed by atoms with Crippen molar-refractivity contribution in [2.45, 2.75) is 90.1 Å². The molecule has 0 aliphatic heterocycles. The van der Waals surface area contributed by atoms with Gasteiger partial charge in [-0.2, -0.15) is 0 Å². The molecule has 0 spiro atoms. The molecule has 1 fully saturated rings. The molecule has 1 aromatic rings. The van der Waals surface area contributed by atoms with Gasteiger partial charge in [-0.05, 0) is 38.3 Å². The Hall–Kier alpha value is -1.91. The van der Waals surface area contributed by atoms with Crippen molar-refractivity contribution < 1.29 is 9.59 Å². The molecule has 2 rings (SSSR count). The lowest BCUT2D eigenvalue weighted by atomic mass is 9.96. The summed E-state index contributed by atoms with van der Waals surface area (Å²) in [6.45, 7) is 3.97. The molecule has 1 heterocycles. The SMILES string of the molecule is CC[C@@H](NC(=O)CCC(=O)NC1CCCCCCC1)c1cccc(C)n1. The molecule has 5 heteroatoms. The zero-order valence-corrected chi connectivity index (χ0v) is 16.2. The lowest BCUT2D eigenvalue weighted by molar-refractivity contribution is -0.127. The molecule has 0 bridgehead atoms.